The molecule has 0 saturated heterocycles. The number of phenols is 1. The fourth-order valence-electron chi connectivity index (χ4n) is 3.98. The van der Waals surface area contributed by atoms with Crippen LogP contribution in [0.5, 0.6) is 5.75 Å². The molecule has 2 aliphatic rings. The molecule has 156 valence electrons. The molecule has 5 rings (SSSR count). The maximum Gasteiger partial charge on any atom is 0.320 e. The first-order valence-corrected chi connectivity index (χ1v) is 11.5. The lowest BCUT2D eigenvalue weighted by atomic mass is 10.0. The molecule has 0 spiro atoms. The van der Waals surface area contributed by atoms with E-state index < -0.39 is 19.8 Å². The number of fused-ring (bicyclic) bond motifs is 5. The van der Waals surface area contributed by atoms with E-state index in [0.29, 0.717) is 40.7 Å². The number of aromatic hydroxyl groups is 1. The number of esters is 1. The molecule has 4 heterocycles. The standard InChI is InChI=1S/C20H17N2O5P.C2H6/c1-2-28(26)18-13-7-16-17-11(5-10-6-12(23)3-4-15(10)21-17)8-22(16)19(24)14(13)9-27-20(18)25;1-2/h3-7,18,23,26H,2,8-9H2,1H3;1-2H3. The molecule has 2 N–H and O–H groups in total. The quantitative estimate of drug-likeness (QED) is 0.375. The predicted molar refractivity (Wildman–Crippen MR) is 116 cm³/mol. The SMILES string of the molecule is CC.CCP(O)C1C(=O)OCc2c1cc1n(c2=O)Cc2cc3cc(O)ccc3nc2-1. The molecule has 2 atom stereocenters. The molecule has 2 unspecified atom stereocenters. The minimum absolute atomic E-state index is 0.0731. The maximum atomic E-state index is 13.1. The molecule has 0 fully saturated rings. The van der Waals surface area contributed by atoms with Crippen molar-refractivity contribution < 1.29 is 19.5 Å². The average Bonchev–Trinajstić information content (AvgIpc) is 3.11. The van der Waals surface area contributed by atoms with Crippen molar-refractivity contribution in [3.8, 4) is 17.1 Å². The Morgan fingerprint density at radius 1 is 1.23 bits per heavy atom. The summed E-state index contributed by atoms with van der Waals surface area (Å²) < 4.78 is 6.83. The molecule has 2 aromatic heterocycles. The number of aromatic nitrogens is 2. The van der Waals surface area contributed by atoms with E-state index in [2.05, 4.69) is 0 Å². The van der Waals surface area contributed by atoms with Crippen LogP contribution in [0.3, 0.4) is 0 Å². The van der Waals surface area contributed by atoms with Crippen LogP contribution in [0.4, 0.5) is 0 Å². The highest BCUT2D eigenvalue weighted by Gasteiger charge is 2.38. The highest BCUT2D eigenvalue weighted by molar-refractivity contribution is 7.53. The Kier molecular flexibility index (Phi) is 5.35. The molecule has 3 aromatic rings. The van der Waals surface area contributed by atoms with E-state index in [1.54, 1.807) is 22.8 Å². The Morgan fingerprint density at radius 3 is 2.73 bits per heavy atom. The summed E-state index contributed by atoms with van der Waals surface area (Å²) in [6, 6.07) is 8.68. The Labute approximate surface area is 174 Å². The third kappa shape index (κ3) is 3.09. The lowest BCUT2D eigenvalue weighted by Crippen LogP contribution is -2.32. The van der Waals surface area contributed by atoms with Crippen LogP contribution in [0.2, 0.25) is 0 Å². The van der Waals surface area contributed by atoms with Crippen LogP contribution in [0.15, 0.2) is 35.1 Å². The van der Waals surface area contributed by atoms with Crippen LogP contribution < -0.4 is 5.56 Å². The number of phenolic OH excluding ortho intramolecular Hbond substituents is 1. The maximum absolute atomic E-state index is 13.1. The summed E-state index contributed by atoms with van der Waals surface area (Å²) in [5, 5.41) is 10.5. The number of ether oxygens (including phenoxy) is 1. The number of carbonyl (C=O) groups excluding carboxylic acids is 1. The number of rotatable bonds is 2. The number of nitrogens with zero attached hydrogens (tertiary/aromatic N) is 2. The zero-order chi connectivity index (χ0) is 21.6. The van der Waals surface area contributed by atoms with Gasteiger partial charge in [-0.1, -0.05) is 20.8 Å². The van der Waals surface area contributed by atoms with E-state index in [-0.39, 0.29) is 17.9 Å². The molecule has 0 radical (unpaired) electrons. The topological polar surface area (TPSA) is 102 Å². The summed E-state index contributed by atoms with van der Waals surface area (Å²) in [6.07, 6.45) is 0.440. The number of carbonyl (C=O) groups is 1. The molecule has 0 aliphatic carbocycles. The number of benzene rings is 1. The first kappa shape index (κ1) is 20.5. The molecular formula is C22H23N2O5P. The van der Waals surface area contributed by atoms with Crippen molar-refractivity contribution in [2.45, 2.75) is 39.6 Å². The van der Waals surface area contributed by atoms with Crippen molar-refractivity contribution in [2.24, 2.45) is 0 Å². The predicted octanol–water partition coefficient (Wildman–Crippen LogP) is 3.66. The number of pyridine rings is 2. The molecule has 8 heteroatoms. The van der Waals surface area contributed by atoms with Gasteiger partial charge in [-0.25, -0.2) is 4.98 Å². The van der Waals surface area contributed by atoms with Crippen molar-refractivity contribution in [1.29, 1.82) is 0 Å². The first-order chi connectivity index (χ1) is 14.5. The summed E-state index contributed by atoms with van der Waals surface area (Å²) in [5.74, 6) is -0.320. The summed E-state index contributed by atoms with van der Waals surface area (Å²) >= 11 is 0. The van der Waals surface area contributed by atoms with Gasteiger partial charge in [0.15, 0.2) is 0 Å². The number of hydrogen-bond donors (Lipinski definition) is 2. The van der Waals surface area contributed by atoms with Crippen molar-refractivity contribution in [2.75, 3.05) is 6.16 Å². The van der Waals surface area contributed by atoms with Crippen LogP contribution in [-0.2, 0) is 22.7 Å². The fraction of sp³-hybridized carbons (Fsp3) is 0.318. The number of hydrogen-bond acceptors (Lipinski definition) is 6. The van der Waals surface area contributed by atoms with E-state index in [4.69, 9.17) is 9.72 Å². The zero-order valence-electron chi connectivity index (χ0n) is 17.0. The van der Waals surface area contributed by atoms with Crippen molar-refractivity contribution in [1.82, 2.24) is 9.55 Å². The zero-order valence-corrected chi connectivity index (χ0v) is 17.9. The largest absolute Gasteiger partial charge is 0.508 e. The van der Waals surface area contributed by atoms with Crippen molar-refractivity contribution in [3.63, 3.8) is 0 Å². The van der Waals surface area contributed by atoms with Crippen LogP contribution in [-0.4, -0.2) is 31.7 Å². The second kappa shape index (κ2) is 7.82. The van der Waals surface area contributed by atoms with Crippen LogP contribution in [0.25, 0.3) is 22.3 Å². The van der Waals surface area contributed by atoms with Gasteiger partial charge < -0.3 is 19.3 Å². The van der Waals surface area contributed by atoms with Gasteiger partial charge in [0.1, 0.15) is 18.0 Å². The molecule has 7 nitrogen and oxygen atoms in total. The van der Waals surface area contributed by atoms with Crippen LogP contribution >= 0.6 is 8.15 Å². The second-order valence-corrected chi connectivity index (χ2v) is 9.02. The molecule has 1 aromatic carbocycles. The summed E-state index contributed by atoms with van der Waals surface area (Å²) in [4.78, 5) is 40.5. The van der Waals surface area contributed by atoms with Gasteiger partial charge in [0, 0.05) is 19.1 Å². The third-order valence-electron chi connectivity index (χ3n) is 5.38. The molecule has 0 amide bonds. The Morgan fingerprint density at radius 2 is 2.00 bits per heavy atom. The van der Waals surface area contributed by atoms with Gasteiger partial charge in [-0.3, -0.25) is 9.59 Å². The Hall–Kier alpha value is -2.76. The lowest BCUT2D eigenvalue weighted by molar-refractivity contribution is -0.146. The van der Waals surface area contributed by atoms with E-state index in [1.807, 2.05) is 32.9 Å². The van der Waals surface area contributed by atoms with Gasteiger partial charge in [0.05, 0.1) is 29.0 Å². The van der Waals surface area contributed by atoms with Gasteiger partial charge in [0.2, 0.25) is 0 Å². The summed E-state index contributed by atoms with van der Waals surface area (Å²) in [5.41, 5.74) is 2.90. The summed E-state index contributed by atoms with van der Waals surface area (Å²) in [7, 11) is -1.61. The molecule has 0 saturated carbocycles. The molecular weight excluding hydrogens is 403 g/mol. The normalized spacial score (nSPS) is 17.3. The molecule has 2 aliphatic heterocycles. The second-order valence-electron chi connectivity index (χ2n) is 6.99. The van der Waals surface area contributed by atoms with E-state index >= 15 is 0 Å². The smallest absolute Gasteiger partial charge is 0.320 e. The average molecular weight is 426 g/mol. The Bertz CT molecular complexity index is 1220. The van der Waals surface area contributed by atoms with E-state index in [0.717, 1.165) is 10.9 Å². The van der Waals surface area contributed by atoms with Gasteiger partial charge >= 0.3 is 5.97 Å². The van der Waals surface area contributed by atoms with E-state index in [9.17, 15) is 19.6 Å². The minimum Gasteiger partial charge on any atom is -0.508 e. The van der Waals surface area contributed by atoms with Gasteiger partial charge in [-0.2, -0.15) is 0 Å². The van der Waals surface area contributed by atoms with Gasteiger partial charge in [0.25, 0.3) is 5.56 Å². The van der Waals surface area contributed by atoms with Crippen molar-refractivity contribution in [3.05, 3.63) is 57.4 Å². The van der Waals surface area contributed by atoms with Gasteiger partial charge in [-0.05, 0) is 42.1 Å². The molecule has 30 heavy (non-hydrogen) atoms. The van der Waals surface area contributed by atoms with Crippen molar-refractivity contribution >= 4 is 25.0 Å². The van der Waals surface area contributed by atoms with E-state index in [1.165, 1.54) is 0 Å². The summed E-state index contributed by atoms with van der Waals surface area (Å²) in [6.45, 7) is 6.11. The monoisotopic (exact) mass is 426 g/mol. The fourth-order valence-corrected chi connectivity index (χ4v) is 5.22. The number of cyclic esters (lactones) is 1. The Balaban J connectivity index is 0.00000106. The lowest BCUT2D eigenvalue weighted by Gasteiger charge is -2.27. The minimum atomic E-state index is -1.61. The van der Waals surface area contributed by atoms with Gasteiger partial charge in [-0.15, -0.1) is 0 Å². The highest BCUT2D eigenvalue weighted by atomic mass is 31.1. The first-order valence-electron chi connectivity index (χ1n) is 9.99. The third-order valence-corrected chi connectivity index (χ3v) is 7.11. The highest BCUT2D eigenvalue weighted by Crippen LogP contribution is 2.51. The molecule has 0 bridgehead atoms. The van der Waals surface area contributed by atoms with Crippen LogP contribution in [0, 0.1) is 0 Å². The van der Waals surface area contributed by atoms with Crippen LogP contribution in [0.1, 0.15) is 43.1 Å².